The number of carbonyl (C=O) groups excluding carboxylic acids is 2. The van der Waals surface area contributed by atoms with E-state index in [1.54, 1.807) is 17.0 Å². The maximum Gasteiger partial charge on any atom is 0.331 e. The van der Waals surface area contributed by atoms with Gasteiger partial charge in [-0.2, -0.15) is 0 Å². The molecule has 0 aliphatic carbocycles. The monoisotopic (exact) mass is 291 g/mol. The predicted octanol–water partition coefficient (Wildman–Crippen LogP) is 2.57. The molecule has 1 rings (SSSR count). The van der Waals surface area contributed by atoms with E-state index in [-0.39, 0.29) is 12.5 Å². The lowest BCUT2D eigenvalue weighted by molar-refractivity contribution is -0.147. The summed E-state index contributed by atoms with van der Waals surface area (Å²) < 4.78 is 10.2. The third-order valence-electron chi connectivity index (χ3n) is 2.68. The van der Waals surface area contributed by atoms with Crippen molar-refractivity contribution in [2.75, 3.05) is 19.7 Å². The van der Waals surface area contributed by atoms with Crippen LogP contribution in [0, 0.1) is 6.92 Å². The van der Waals surface area contributed by atoms with Gasteiger partial charge in [0.2, 0.25) is 0 Å². The van der Waals surface area contributed by atoms with Crippen molar-refractivity contribution in [3.05, 3.63) is 41.9 Å². The molecule has 0 aliphatic rings. The number of rotatable bonds is 7. The summed E-state index contributed by atoms with van der Waals surface area (Å²) in [5.74, 6) is 0.504. The normalized spacial score (nSPS) is 10.6. The fourth-order valence-corrected chi connectivity index (χ4v) is 1.67. The first-order valence-electron chi connectivity index (χ1n) is 6.75. The molecule has 0 saturated heterocycles. The Morgan fingerprint density at radius 1 is 1.43 bits per heavy atom. The summed E-state index contributed by atoms with van der Waals surface area (Å²) in [4.78, 5) is 25.0. The van der Waals surface area contributed by atoms with Gasteiger partial charge in [0.15, 0.2) is 6.61 Å². The highest BCUT2D eigenvalue weighted by molar-refractivity contribution is 5.89. The van der Waals surface area contributed by atoms with Gasteiger partial charge in [-0.05, 0) is 39.0 Å². The van der Waals surface area contributed by atoms with Gasteiger partial charge in [-0.1, -0.05) is 12.2 Å². The topological polar surface area (TPSA) is 59.8 Å². The van der Waals surface area contributed by atoms with Gasteiger partial charge < -0.3 is 14.1 Å². The molecule has 1 aromatic heterocycles. The van der Waals surface area contributed by atoms with E-state index in [0.717, 1.165) is 11.3 Å². The van der Waals surface area contributed by atoms with E-state index in [4.69, 9.17) is 9.15 Å². The highest BCUT2D eigenvalue weighted by Crippen LogP contribution is 2.08. The maximum atomic E-state index is 11.9. The van der Waals surface area contributed by atoms with Crippen LogP contribution in [0.5, 0.6) is 0 Å². The van der Waals surface area contributed by atoms with Crippen LogP contribution >= 0.6 is 0 Å². The molecule has 21 heavy (non-hydrogen) atoms. The first-order chi connectivity index (χ1) is 9.92. The van der Waals surface area contributed by atoms with Gasteiger partial charge in [-0.3, -0.25) is 4.79 Å². The van der Waals surface area contributed by atoms with Crippen LogP contribution in [0.25, 0.3) is 6.08 Å². The number of hydrogen-bond donors (Lipinski definition) is 0. The number of amides is 1. The molecule has 0 radical (unpaired) electrons. The van der Waals surface area contributed by atoms with E-state index in [1.165, 1.54) is 12.2 Å². The Morgan fingerprint density at radius 2 is 2.14 bits per heavy atom. The number of ether oxygens (including phenoxy) is 1. The molecule has 1 amide bonds. The van der Waals surface area contributed by atoms with Crippen molar-refractivity contribution in [1.82, 2.24) is 4.90 Å². The Balaban J connectivity index is 2.43. The average molecular weight is 291 g/mol. The Bertz CT molecular complexity index is 542. The largest absolute Gasteiger partial charge is 0.462 e. The quantitative estimate of drug-likeness (QED) is 0.440. The molecule has 0 aromatic carbocycles. The van der Waals surface area contributed by atoms with Crippen LogP contribution in [0.2, 0.25) is 0 Å². The molecule has 0 spiro atoms. The molecular weight excluding hydrogens is 270 g/mol. The number of hydrogen-bond acceptors (Lipinski definition) is 4. The molecule has 0 bridgehead atoms. The van der Waals surface area contributed by atoms with Crippen LogP contribution in [0.4, 0.5) is 0 Å². The average Bonchev–Trinajstić information content (AvgIpc) is 2.85. The first kappa shape index (κ1) is 16.8. The minimum absolute atomic E-state index is 0.240. The zero-order valence-corrected chi connectivity index (χ0v) is 12.7. The summed E-state index contributed by atoms with van der Waals surface area (Å²) in [5.41, 5.74) is 0.879. The summed E-state index contributed by atoms with van der Waals surface area (Å²) in [6.07, 6.45) is 2.74. The number of carbonyl (C=O) groups is 2. The van der Waals surface area contributed by atoms with E-state index >= 15 is 0 Å². The van der Waals surface area contributed by atoms with Crippen molar-refractivity contribution in [1.29, 1.82) is 0 Å². The molecule has 114 valence electrons. The van der Waals surface area contributed by atoms with Gasteiger partial charge in [0.25, 0.3) is 5.91 Å². The Hall–Kier alpha value is -2.30. The summed E-state index contributed by atoms with van der Waals surface area (Å²) >= 11 is 0. The van der Waals surface area contributed by atoms with Gasteiger partial charge in [0.1, 0.15) is 11.5 Å². The van der Waals surface area contributed by atoms with Crippen molar-refractivity contribution < 1.29 is 18.7 Å². The molecule has 0 saturated carbocycles. The molecule has 0 N–H and O–H groups in total. The zero-order chi connectivity index (χ0) is 15.8. The third-order valence-corrected chi connectivity index (χ3v) is 2.68. The van der Waals surface area contributed by atoms with E-state index in [2.05, 4.69) is 6.58 Å². The Kier molecular flexibility index (Phi) is 6.46. The standard InChI is InChI=1S/C16H21NO4/c1-5-17(10-12(2)3)15(18)11-20-16(19)9-8-14-7-6-13(4)21-14/h6-9H,2,5,10-11H2,1,3-4H3/b9-8+. The van der Waals surface area contributed by atoms with Crippen LogP contribution in [-0.2, 0) is 14.3 Å². The molecule has 5 nitrogen and oxygen atoms in total. The van der Waals surface area contributed by atoms with Crippen LogP contribution < -0.4 is 0 Å². The fourth-order valence-electron chi connectivity index (χ4n) is 1.67. The van der Waals surface area contributed by atoms with Crippen LogP contribution in [-0.4, -0.2) is 36.5 Å². The van der Waals surface area contributed by atoms with Gasteiger partial charge in [0, 0.05) is 19.2 Å². The second-order valence-corrected chi connectivity index (χ2v) is 4.75. The highest BCUT2D eigenvalue weighted by atomic mass is 16.5. The Morgan fingerprint density at radius 3 is 2.67 bits per heavy atom. The van der Waals surface area contributed by atoms with Crippen LogP contribution in [0.3, 0.4) is 0 Å². The lowest BCUT2D eigenvalue weighted by atomic mass is 10.3. The first-order valence-corrected chi connectivity index (χ1v) is 6.75. The molecule has 5 heteroatoms. The van der Waals surface area contributed by atoms with Gasteiger partial charge in [0.05, 0.1) is 0 Å². The molecule has 0 unspecified atom stereocenters. The second kappa shape index (κ2) is 8.09. The lowest BCUT2D eigenvalue weighted by Gasteiger charge is -2.20. The van der Waals surface area contributed by atoms with Crippen molar-refractivity contribution >= 4 is 18.0 Å². The van der Waals surface area contributed by atoms with Gasteiger partial charge in [-0.25, -0.2) is 4.79 Å². The third kappa shape index (κ3) is 6.12. The van der Waals surface area contributed by atoms with Crippen LogP contribution in [0.1, 0.15) is 25.4 Å². The predicted molar refractivity (Wildman–Crippen MR) is 80.5 cm³/mol. The van der Waals surface area contributed by atoms with Crippen molar-refractivity contribution in [2.45, 2.75) is 20.8 Å². The van der Waals surface area contributed by atoms with E-state index in [0.29, 0.717) is 18.8 Å². The van der Waals surface area contributed by atoms with E-state index in [9.17, 15) is 9.59 Å². The molecular formula is C16H21NO4. The summed E-state index contributed by atoms with van der Waals surface area (Å²) in [6, 6.07) is 3.54. The summed E-state index contributed by atoms with van der Waals surface area (Å²) in [5, 5.41) is 0. The molecule has 0 atom stereocenters. The summed E-state index contributed by atoms with van der Waals surface area (Å²) in [6.45, 7) is 10.0. The van der Waals surface area contributed by atoms with Gasteiger partial charge in [-0.15, -0.1) is 0 Å². The van der Waals surface area contributed by atoms with Gasteiger partial charge >= 0.3 is 5.97 Å². The van der Waals surface area contributed by atoms with E-state index < -0.39 is 5.97 Å². The Labute approximate surface area is 124 Å². The number of aryl methyl sites for hydroxylation is 1. The number of likely N-dealkylation sites (N-methyl/N-ethyl adjacent to an activating group) is 1. The maximum absolute atomic E-state index is 11.9. The number of esters is 1. The van der Waals surface area contributed by atoms with Crippen molar-refractivity contribution in [3.63, 3.8) is 0 Å². The van der Waals surface area contributed by atoms with Crippen molar-refractivity contribution in [3.8, 4) is 0 Å². The second-order valence-electron chi connectivity index (χ2n) is 4.75. The number of furan rings is 1. The number of nitrogens with zero attached hydrogens (tertiary/aromatic N) is 1. The minimum atomic E-state index is -0.580. The van der Waals surface area contributed by atoms with Crippen molar-refractivity contribution in [2.24, 2.45) is 0 Å². The highest BCUT2D eigenvalue weighted by Gasteiger charge is 2.13. The molecule has 1 heterocycles. The lowest BCUT2D eigenvalue weighted by Crippen LogP contribution is -2.35. The smallest absolute Gasteiger partial charge is 0.331 e. The fraction of sp³-hybridized carbons (Fsp3) is 0.375. The minimum Gasteiger partial charge on any atom is -0.462 e. The zero-order valence-electron chi connectivity index (χ0n) is 12.7. The summed E-state index contributed by atoms with van der Waals surface area (Å²) in [7, 11) is 0. The molecule has 0 fully saturated rings. The molecule has 1 aromatic rings. The SMILES string of the molecule is C=C(C)CN(CC)C(=O)COC(=O)/C=C/c1ccc(C)o1. The van der Waals surface area contributed by atoms with E-state index in [1.807, 2.05) is 20.8 Å². The van der Waals surface area contributed by atoms with Crippen LogP contribution in [0.15, 0.2) is 34.8 Å². The molecule has 0 aliphatic heterocycles.